The lowest BCUT2D eigenvalue weighted by molar-refractivity contribution is 0.331. The Morgan fingerprint density at radius 3 is 2.83 bits per heavy atom. The van der Waals surface area contributed by atoms with Crippen molar-refractivity contribution in [2.45, 2.75) is 26.2 Å². The highest BCUT2D eigenvalue weighted by Crippen LogP contribution is 2.25. The van der Waals surface area contributed by atoms with Crippen molar-refractivity contribution in [3.05, 3.63) is 12.1 Å². The van der Waals surface area contributed by atoms with Gasteiger partial charge in [-0.15, -0.1) is 5.92 Å². The lowest BCUT2D eigenvalue weighted by Gasteiger charge is -2.17. The summed E-state index contributed by atoms with van der Waals surface area (Å²) >= 11 is 0. The first-order valence-corrected chi connectivity index (χ1v) is 6.17. The van der Waals surface area contributed by atoms with Crippen LogP contribution < -0.4 is 9.64 Å². The van der Waals surface area contributed by atoms with E-state index in [1.165, 1.54) is 6.33 Å². The van der Waals surface area contributed by atoms with Crippen molar-refractivity contribution >= 4 is 5.82 Å². The quantitative estimate of drug-likeness (QED) is 0.768. The highest BCUT2D eigenvalue weighted by molar-refractivity contribution is 5.43. The molecule has 0 N–H and O–H groups in total. The van der Waals surface area contributed by atoms with Crippen LogP contribution in [0.1, 0.15) is 26.2 Å². The maximum Gasteiger partial charge on any atom is 0.256 e. The third kappa shape index (κ3) is 2.89. The van der Waals surface area contributed by atoms with Gasteiger partial charge in [-0.05, 0) is 12.8 Å². The van der Waals surface area contributed by atoms with E-state index in [1.807, 2.05) is 11.8 Å². The normalized spacial score (nSPS) is 14.2. The summed E-state index contributed by atoms with van der Waals surface area (Å²) < 4.78 is 19.3. The van der Waals surface area contributed by atoms with E-state index in [0.717, 1.165) is 32.4 Å². The fraction of sp³-hybridized carbons (Fsp3) is 0.538. The molecule has 1 fully saturated rings. The molecule has 0 radical (unpaired) electrons. The fourth-order valence-corrected chi connectivity index (χ4v) is 1.88. The number of hydrogen-bond donors (Lipinski definition) is 0. The van der Waals surface area contributed by atoms with Crippen LogP contribution in [0.5, 0.6) is 5.88 Å². The van der Waals surface area contributed by atoms with Gasteiger partial charge in [0.15, 0.2) is 12.4 Å². The number of ether oxygens (including phenoxy) is 1. The zero-order valence-corrected chi connectivity index (χ0v) is 10.4. The Hall–Kier alpha value is -1.83. The van der Waals surface area contributed by atoms with Gasteiger partial charge in [0.1, 0.15) is 6.33 Å². The Balaban J connectivity index is 2.08. The number of hydrogen-bond acceptors (Lipinski definition) is 4. The molecule has 0 bridgehead atoms. The zero-order chi connectivity index (χ0) is 12.8. The minimum Gasteiger partial charge on any atom is -0.462 e. The van der Waals surface area contributed by atoms with Gasteiger partial charge in [0.2, 0.25) is 5.82 Å². The summed E-state index contributed by atoms with van der Waals surface area (Å²) in [6.45, 7) is 3.77. The molecule has 0 aromatic carbocycles. The maximum absolute atomic E-state index is 14.1. The lowest BCUT2D eigenvalue weighted by atomic mass is 10.4. The lowest BCUT2D eigenvalue weighted by Crippen LogP contribution is -2.21. The zero-order valence-electron chi connectivity index (χ0n) is 10.4. The number of anilines is 1. The van der Waals surface area contributed by atoms with Gasteiger partial charge < -0.3 is 9.64 Å². The Kier molecular flexibility index (Phi) is 4.35. The summed E-state index contributed by atoms with van der Waals surface area (Å²) in [4.78, 5) is 9.71. The third-order valence-corrected chi connectivity index (χ3v) is 2.73. The monoisotopic (exact) mass is 249 g/mol. The van der Waals surface area contributed by atoms with Gasteiger partial charge in [-0.25, -0.2) is 4.98 Å². The van der Waals surface area contributed by atoms with E-state index in [-0.39, 0.29) is 12.5 Å². The first-order chi connectivity index (χ1) is 8.83. The Morgan fingerprint density at radius 1 is 1.33 bits per heavy atom. The predicted molar refractivity (Wildman–Crippen MR) is 67.0 cm³/mol. The van der Waals surface area contributed by atoms with Crippen LogP contribution in [0.3, 0.4) is 0 Å². The van der Waals surface area contributed by atoms with E-state index in [1.54, 1.807) is 0 Å². The van der Waals surface area contributed by atoms with Crippen LogP contribution in [0.2, 0.25) is 0 Å². The second-order valence-electron chi connectivity index (χ2n) is 4.01. The SMILES string of the molecule is CCC#CCOc1ncnc(N2CCCC2)c1F. The van der Waals surface area contributed by atoms with Gasteiger partial charge in [-0.3, -0.25) is 0 Å². The van der Waals surface area contributed by atoms with Crippen LogP contribution in [-0.4, -0.2) is 29.7 Å². The van der Waals surface area contributed by atoms with Crippen LogP contribution in [0.15, 0.2) is 6.33 Å². The molecule has 96 valence electrons. The number of halogens is 1. The van der Waals surface area contributed by atoms with Gasteiger partial charge in [-0.1, -0.05) is 12.8 Å². The first kappa shape index (κ1) is 12.6. The number of nitrogens with zero attached hydrogens (tertiary/aromatic N) is 3. The smallest absolute Gasteiger partial charge is 0.256 e. The average molecular weight is 249 g/mol. The van der Waals surface area contributed by atoms with Crippen molar-refractivity contribution in [3.63, 3.8) is 0 Å². The van der Waals surface area contributed by atoms with Crippen LogP contribution in [0.25, 0.3) is 0 Å². The summed E-state index contributed by atoms with van der Waals surface area (Å²) in [6.07, 6.45) is 4.23. The van der Waals surface area contributed by atoms with Gasteiger partial charge in [0.05, 0.1) is 0 Å². The standard InChI is InChI=1S/C13H16FN3O/c1-2-3-6-9-18-13-11(14)12(15-10-16-13)17-7-4-5-8-17/h10H,2,4-5,7-9H2,1H3. The topological polar surface area (TPSA) is 38.3 Å². The Labute approximate surface area is 106 Å². The van der Waals surface area contributed by atoms with Crippen molar-refractivity contribution in [1.29, 1.82) is 0 Å². The highest BCUT2D eigenvalue weighted by Gasteiger charge is 2.20. The van der Waals surface area contributed by atoms with Crippen molar-refractivity contribution in [2.24, 2.45) is 0 Å². The molecule has 0 spiro atoms. The highest BCUT2D eigenvalue weighted by atomic mass is 19.1. The summed E-state index contributed by atoms with van der Waals surface area (Å²) in [5.41, 5.74) is 0. The molecule has 4 nitrogen and oxygen atoms in total. The molecule has 0 amide bonds. The fourth-order valence-electron chi connectivity index (χ4n) is 1.88. The van der Waals surface area contributed by atoms with Gasteiger partial charge in [-0.2, -0.15) is 9.37 Å². The average Bonchev–Trinajstić information content (AvgIpc) is 2.90. The summed E-state index contributed by atoms with van der Waals surface area (Å²) in [6, 6.07) is 0. The molecule has 0 aliphatic carbocycles. The predicted octanol–water partition coefficient (Wildman–Crippen LogP) is 2.01. The van der Waals surface area contributed by atoms with Gasteiger partial charge in [0.25, 0.3) is 5.88 Å². The molecule has 2 heterocycles. The summed E-state index contributed by atoms with van der Waals surface area (Å²) in [5, 5.41) is 0. The molecule has 1 aromatic rings. The van der Waals surface area contributed by atoms with Crippen LogP contribution in [0, 0.1) is 17.7 Å². The van der Waals surface area contributed by atoms with Crippen LogP contribution in [-0.2, 0) is 0 Å². The van der Waals surface area contributed by atoms with E-state index in [2.05, 4.69) is 21.8 Å². The van der Waals surface area contributed by atoms with Crippen molar-refractivity contribution < 1.29 is 9.13 Å². The third-order valence-electron chi connectivity index (χ3n) is 2.73. The van der Waals surface area contributed by atoms with E-state index < -0.39 is 5.82 Å². The summed E-state index contributed by atoms with van der Waals surface area (Å²) in [7, 11) is 0. The number of rotatable bonds is 3. The number of aromatic nitrogens is 2. The molecule has 0 atom stereocenters. The second-order valence-corrected chi connectivity index (χ2v) is 4.01. The Bertz CT molecular complexity index is 461. The van der Waals surface area contributed by atoms with Crippen molar-refractivity contribution in [2.75, 3.05) is 24.6 Å². The molecule has 18 heavy (non-hydrogen) atoms. The minimum atomic E-state index is -0.488. The molecule has 1 aliphatic rings. The van der Waals surface area contributed by atoms with Gasteiger partial charge in [0, 0.05) is 19.5 Å². The molecule has 1 aromatic heterocycles. The second kappa shape index (κ2) is 6.20. The summed E-state index contributed by atoms with van der Waals surface area (Å²) in [5.74, 6) is 5.47. The minimum absolute atomic E-state index is 0.0164. The van der Waals surface area contributed by atoms with E-state index in [4.69, 9.17) is 4.74 Å². The largest absolute Gasteiger partial charge is 0.462 e. The van der Waals surface area contributed by atoms with Gasteiger partial charge >= 0.3 is 0 Å². The van der Waals surface area contributed by atoms with E-state index in [0.29, 0.717) is 5.82 Å². The molecule has 0 unspecified atom stereocenters. The molecule has 1 saturated heterocycles. The first-order valence-electron chi connectivity index (χ1n) is 6.17. The van der Waals surface area contributed by atoms with Crippen LogP contribution in [0.4, 0.5) is 10.2 Å². The molecular formula is C13H16FN3O. The molecular weight excluding hydrogens is 233 g/mol. The van der Waals surface area contributed by atoms with Crippen molar-refractivity contribution in [1.82, 2.24) is 9.97 Å². The van der Waals surface area contributed by atoms with E-state index >= 15 is 0 Å². The van der Waals surface area contributed by atoms with Crippen LogP contribution >= 0.6 is 0 Å². The Morgan fingerprint density at radius 2 is 2.11 bits per heavy atom. The molecule has 2 rings (SSSR count). The molecule has 1 aliphatic heterocycles. The maximum atomic E-state index is 14.1. The van der Waals surface area contributed by atoms with E-state index in [9.17, 15) is 4.39 Å². The molecule has 5 heteroatoms. The molecule has 0 saturated carbocycles. The van der Waals surface area contributed by atoms with Crippen molar-refractivity contribution in [3.8, 4) is 17.7 Å².